The van der Waals surface area contributed by atoms with Gasteiger partial charge in [0.2, 0.25) is 5.91 Å². The van der Waals surface area contributed by atoms with E-state index in [0.29, 0.717) is 0 Å². The van der Waals surface area contributed by atoms with Crippen LogP contribution in [-0.2, 0) is 4.79 Å². The molecule has 1 heterocycles. The fraction of sp³-hybridized carbons (Fsp3) is 0.500. The molecule has 0 radical (unpaired) electrons. The maximum Gasteiger partial charge on any atom is 0.241 e. The molecule has 0 saturated heterocycles. The van der Waals surface area contributed by atoms with Crippen LogP contribution in [0.3, 0.4) is 0 Å². The lowest BCUT2D eigenvalue weighted by Gasteiger charge is -2.25. The van der Waals surface area contributed by atoms with E-state index in [1.165, 1.54) is 0 Å². The number of anilines is 1. The number of pyridine rings is 1. The van der Waals surface area contributed by atoms with E-state index in [0.717, 1.165) is 11.4 Å². The summed E-state index contributed by atoms with van der Waals surface area (Å²) in [5.41, 5.74) is 7.21. The number of amides is 1. The number of carbonyl (C=O) groups excluding carboxylic acids is 1. The van der Waals surface area contributed by atoms with Crippen LogP contribution in [0.5, 0.6) is 0 Å². The van der Waals surface area contributed by atoms with E-state index in [2.05, 4.69) is 10.3 Å². The van der Waals surface area contributed by atoms with E-state index in [-0.39, 0.29) is 11.3 Å². The zero-order valence-electron chi connectivity index (χ0n) is 10.2. The molecular formula is C12H19N3O. The highest BCUT2D eigenvalue weighted by Gasteiger charge is 2.27. The highest BCUT2D eigenvalue weighted by molar-refractivity contribution is 5.95. The van der Waals surface area contributed by atoms with Gasteiger partial charge in [-0.25, -0.2) is 0 Å². The van der Waals surface area contributed by atoms with Crippen molar-refractivity contribution < 1.29 is 4.79 Å². The Kier molecular flexibility index (Phi) is 3.65. The minimum absolute atomic E-state index is 0.168. The van der Waals surface area contributed by atoms with Gasteiger partial charge >= 0.3 is 0 Å². The molecule has 4 nitrogen and oxygen atoms in total. The van der Waals surface area contributed by atoms with Crippen molar-refractivity contribution in [3.05, 3.63) is 24.0 Å². The van der Waals surface area contributed by atoms with E-state index >= 15 is 0 Å². The second-order valence-corrected chi connectivity index (χ2v) is 5.02. The van der Waals surface area contributed by atoms with Gasteiger partial charge in [-0.3, -0.25) is 9.78 Å². The van der Waals surface area contributed by atoms with Gasteiger partial charge in [0.25, 0.3) is 0 Å². The first kappa shape index (κ1) is 12.6. The van der Waals surface area contributed by atoms with Crippen LogP contribution in [0.1, 0.15) is 26.5 Å². The number of nitrogens with one attached hydrogen (secondary N) is 1. The summed E-state index contributed by atoms with van der Waals surface area (Å²) < 4.78 is 0. The van der Waals surface area contributed by atoms with Crippen molar-refractivity contribution >= 4 is 11.6 Å². The smallest absolute Gasteiger partial charge is 0.241 e. The Morgan fingerprint density at radius 3 is 2.62 bits per heavy atom. The highest BCUT2D eigenvalue weighted by atomic mass is 16.2. The molecule has 0 saturated carbocycles. The second kappa shape index (κ2) is 4.61. The highest BCUT2D eigenvalue weighted by Crippen LogP contribution is 2.18. The normalized spacial score (nSPS) is 13.3. The molecule has 3 N–H and O–H groups in total. The fourth-order valence-corrected chi connectivity index (χ4v) is 1.24. The molecule has 1 rings (SSSR count). The van der Waals surface area contributed by atoms with Crippen molar-refractivity contribution in [1.29, 1.82) is 0 Å². The lowest BCUT2D eigenvalue weighted by molar-refractivity contribution is -0.119. The van der Waals surface area contributed by atoms with Gasteiger partial charge in [0.05, 0.1) is 6.04 Å². The molecule has 0 unspecified atom stereocenters. The average molecular weight is 221 g/mol. The van der Waals surface area contributed by atoms with Crippen molar-refractivity contribution in [2.75, 3.05) is 5.32 Å². The van der Waals surface area contributed by atoms with Gasteiger partial charge in [-0.05, 0) is 24.5 Å². The van der Waals surface area contributed by atoms with Gasteiger partial charge in [-0.15, -0.1) is 0 Å². The first-order chi connectivity index (χ1) is 7.30. The summed E-state index contributed by atoms with van der Waals surface area (Å²) in [4.78, 5) is 15.9. The Morgan fingerprint density at radius 2 is 2.12 bits per heavy atom. The van der Waals surface area contributed by atoms with Crippen LogP contribution in [0.2, 0.25) is 0 Å². The Balaban J connectivity index is 2.72. The zero-order chi connectivity index (χ0) is 12.3. The third-order valence-electron chi connectivity index (χ3n) is 2.38. The van der Waals surface area contributed by atoms with Crippen LogP contribution < -0.4 is 11.1 Å². The molecule has 1 amide bonds. The molecular weight excluding hydrogens is 202 g/mol. The van der Waals surface area contributed by atoms with Crippen molar-refractivity contribution in [1.82, 2.24) is 4.98 Å². The summed E-state index contributed by atoms with van der Waals surface area (Å²) in [5, 5.41) is 2.79. The summed E-state index contributed by atoms with van der Waals surface area (Å²) in [6.07, 6.45) is 1.66. The number of rotatable bonds is 2. The lowest BCUT2D eigenvalue weighted by atomic mass is 9.87. The molecule has 1 atom stereocenters. The van der Waals surface area contributed by atoms with Gasteiger partial charge in [0.15, 0.2) is 0 Å². The van der Waals surface area contributed by atoms with Gasteiger partial charge in [0.1, 0.15) is 0 Å². The Morgan fingerprint density at radius 1 is 1.50 bits per heavy atom. The van der Waals surface area contributed by atoms with E-state index in [4.69, 9.17) is 5.73 Å². The molecule has 0 aliphatic heterocycles. The average Bonchev–Trinajstić information content (AvgIpc) is 2.15. The zero-order valence-corrected chi connectivity index (χ0v) is 10.2. The topological polar surface area (TPSA) is 68.0 Å². The maximum absolute atomic E-state index is 11.8. The minimum Gasteiger partial charge on any atom is -0.325 e. The van der Waals surface area contributed by atoms with Crippen molar-refractivity contribution in [2.24, 2.45) is 11.1 Å². The van der Waals surface area contributed by atoms with Gasteiger partial charge in [0, 0.05) is 17.6 Å². The van der Waals surface area contributed by atoms with E-state index in [1.807, 2.05) is 33.8 Å². The van der Waals surface area contributed by atoms with Crippen molar-refractivity contribution in [3.63, 3.8) is 0 Å². The minimum atomic E-state index is -0.527. The maximum atomic E-state index is 11.8. The van der Waals surface area contributed by atoms with E-state index < -0.39 is 6.04 Å². The number of hydrogen-bond donors (Lipinski definition) is 2. The molecule has 1 aromatic rings. The van der Waals surface area contributed by atoms with Crippen LogP contribution in [-0.4, -0.2) is 16.9 Å². The fourth-order valence-electron chi connectivity index (χ4n) is 1.24. The van der Waals surface area contributed by atoms with Crippen LogP contribution in [0.4, 0.5) is 5.69 Å². The van der Waals surface area contributed by atoms with Gasteiger partial charge in [-0.1, -0.05) is 20.8 Å². The Hall–Kier alpha value is -1.42. The molecule has 16 heavy (non-hydrogen) atoms. The first-order valence-corrected chi connectivity index (χ1v) is 5.30. The van der Waals surface area contributed by atoms with E-state index in [9.17, 15) is 4.79 Å². The number of aromatic nitrogens is 1. The molecule has 0 spiro atoms. The van der Waals surface area contributed by atoms with Crippen LogP contribution >= 0.6 is 0 Å². The van der Waals surface area contributed by atoms with Crippen LogP contribution in [0, 0.1) is 12.3 Å². The van der Waals surface area contributed by atoms with Gasteiger partial charge in [-0.2, -0.15) is 0 Å². The number of hydrogen-bond acceptors (Lipinski definition) is 3. The molecule has 0 bridgehead atoms. The summed E-state index contributed by atoms with van der Waals surface area (Å²) in [6.45, 7) is 7.69. The standard InChI is InChI=1S/C12H19N3O/c1-8-7-9(5-6-14-8)15-11(16)10(13)12(2,3)4/h5-7,10H,13H2,1-4H3,(H,14,15,16)/t10-/m0/s1. The summed E-state index contributed by atoms with van der Waals surface area (Å²) in [6, 6.07) is 3.04. The van der Waals surface area contributed by atoms with Crippen molar-refractivity contribution in [2.45, 2.75) is 33.7 Å². The Bertz CT molecular complexity index is 382. The van der Waals surface area contributed by atoms with Crippen LogP contribution in [0.15, 0.2) is 18.3 Å². The monoisotopic (exact) mass is 221 g/mol. The molecule has 0 fully saturated rings. The predicted octanol–water partition coefficient (Wildman–Crippen LogP) is 1.70. The molecule has 0 aliphatic rings. The van der Waals surface area contributed by atoms with Gasteiger partial charge < -0.3 is 11.1 Å². The molecule has 0 aromatic carbocycles. The summed E-state index contributed by atoms with van der Waals surface area (Å²) in [7, 11) is 0. The second-order valence-electron chi connectivity index (χ2n) is 5.02. The molecule has 88 valence electrons. The number of aryl methyl sites for hydroxylation is 1. The number of carbonyl (C=O) groups is 1. The summed E-state index contributed by atoms with van der Waals surface area (Å²) >= 11 is 0. The quantitative estimate of drug-likeness (QED) is 0.798. The molecule has 1 aromatic heterocycles. The SMILES string of the molecule is Cc1cc(NC(=O)[C@H](N)C(C)(C)C)ccn1. The van der Waals surface area contributed by atoms with E-state index in [1.54, 1.807) is 12.3 Å². The predicted molar refractivity (Wildman–Crippen MR) is 65.0 cm³/mol. The third-order valence-corrected chi connectivity index (χ3v) is 2.38. The third kappa shape index (κ3) is 3.31. The lowest BCUT2D eigenvalue weighted by Crippen LogP contribution is -2.45. The number of nitrogens with zero attached hydrogens (tertiary/aromatic N) is 1. The summed E-state index contributed by atoms with van der Waals surface area (Å²) in [5.74, 6) is -0.168. The molecule has 0 aliphatic carbocycles. The largest absolute Gasteiger partial charge is 0.325 e. The number of nitrogens with two attached hydrogens (primary N) is 1. The van der Waals surface area contributed by atoms with Crippen LogP contribution in [0.25, 0.3) is 0 Å². The van der Waals surface area contributed by atoms with Crippen molar-refractivity contribution in [3.8, 4) is 0 Å². The Labute approximate surface area is 96.3 Å². The molecule has 4 heteroatoms. The first-order valence-electron chi connectivity index (χ1n) is 5.30.